The Bertz CT molecular complexity index is 228. The molecule has 3 N–H and O–H groups in total. The van der Waals surface area contributed by atoms with Crippen molar-refractivity contribution in [2.45, 2.75) is 13.4 Å². The van der Waals surface area contributed by atoms with E-state index in [2.05, 4.69) is 22.7 Å². The molecule has 3 nitrogen and oxygen atoms in total. The molecule has 0 unspecified atom stereocenters. The predicted octanol–water partition coefficient (Wildman–Crippen LogP) is 0.434. The minimum Gasteiger partial charge on any atom is -0.437 e. The van der Waals surface area contributed by atoms with Crippen molar-refractivity contribution in [2.24, 2.45) is 0 Å². The third-order valence-corrected chi connectivity index (χ3v) is 1.69. The van der Waals surface area contributed by atoms with Gasteiger partial charge in [-0.05, 0) is 12.4 Å². The van der Waals surface area contributed by atoms with Gasteiger partial charge in [0.1, 0.15) is 0 Å². The van der Waals surface area contributed by atoms with Crippen LogP contribution in [-0.2, 0) is 6.54 Å². The van der Waals surface area contributed by atoms with Crippen molar-refractivity contribution in [1.82, 2.24) is 10.5 Å². The average molecular weight is 178 g/mol. The second kappa shape index (κ2) is 5.75. The maximum Gasteiger partial charge on any atom is 0.374 e. The van der Waals surface area contributed by atoms with Gasteiger partial charge in [-0.3, -0.25) is 0 Å². The summed E-state index contributed by atoms with van der Waals surface area (Å²) < 4.78 is 0. The highest BCUT2D eigenvalue weighted by Gasteiger charge is 1.98. The van der Waals surface area contributed by atoms with Gasteiger partial charge in [0, 0.05) is 13.2 Å². The molecular weight excluding hydrogens is 163 g/mol. The third-order valence-electron chi connectivity index (χ3n) is 1.69. The Hall–Kier alpha value is -0.835. The number of benzene rings is 1. The van der Waals surface area contributed by atoms with Crippen LogP contribution in [0.4, 0.5) is 0 Å². The average Bonchev–Trinajstić information content (AvgIpc) is 2.14. The van der Waals surface area contributed by atoms with Gasteiger partial charge in [-0.15, -0.1) is 0 Å². The number of hydrogen-bond acceptors (Lipinski definition) is 3. The lowest BCUT2D eigenvalue weighted by molar-refractivity contribution is 0.539. The van der Waals surface area contributed by atoms with Gasteiger partial charge in [0.2, 0.25) is 0 Å². The van der Waals surface area contributed by atoms with Crippen LogP contribution in [0.1, 0.15) is 5.56 Å². The molecule has 0 radical (unpaired) electrons. The topological polar surface area (TPSA) is 44.3 Å². The van der Waals surface area contributed by atoms with E-state index in [9.17, 15) is 0 Å². The molecule has 70 valence electrons. The van der Waals surface area contributed by atoms with Crippen molar-refractivity contribution in [3.05, 3.63) is 35.9 Å². The SMILES string of the molecule is CB(O)NCNCc1ccccc1. The fourth-order valence-corrected chi connectivity index (χ4v) is 1.02. The Morgan fingerprint density at radius 3 is 2.62 bits per heavy atom. The monoisotopic (exact) mass is 178 g/mol. The van der Waals surface area contributed by atoms with Gasteiger partial charge in [-0.1, -0.05) is 30.3 Å². The van der Waals surface area contributed by atoms with Crippen LogP contribution in [0.5, 0.6) is 0 Å². The van der Waals surface area contributed by atoms with Gasteiger partial charge >= 0.3 is 7.05 Å². The summed E-state index contributed by atoms with van der Waals surface area (Å²) in [5.74, 6) is 0. The second-order valence-electron chi connectivity index (χ2n) is 2.97. The number of rotatable bonds is 5. The summed E-state index contributed by atoms with van der Waals surface area (Å²) in [5.41, 5.74) is 1.25. The molecule has 4 heteroatoms. The van der Waals surface area contributed by atoms with E-state index in [1.165, 1.54) is 5.56 Å². The fraction of sp³-hybridized carbons (Fsp3) is 0.333. The van der Waals surface area contributed by atoms with Gasteiger partial charge < -0.3 is 15.6 Å². The maximum absolute atomic E-state index is 8.90. The van der Waals surface area contributed by atoms with Crippen LogP contribution in [0.3, 0.4) is 0 Å². The lowest BCUT2D eigenvalue weighted by atomic mass is 9.90. The largest absolute Gasteiger partial charge is 0.437 e. The van der Waals surface area contributed by atoms with Crippen LogP contribution in [0, 0.1) is 0 Å². The Morgan fingerprint density at radius 2 is 2.00 bits per heavy atom. The molecule has 0 aliphatic rings. The second-order valence-corrected chi connectivity index (χ2v) is 2.97. The first-order valence-electron chi connectivity index (χ1n) is 4.45. The Kier molecular flexibility index (Phi) is 4.53. The Balaban J connectivity index is 2.13. The molecule has 0 amide bonds. The fourth-order valence-electron chi connectivity index (χ4n) is 1.02. The van der Waals surface area contributed by atoms with Crippen molar-refractivity contribution >= 4 is 7.05 Å². The van der Waals surface area contributed by atoms with E-state index in [0.717, 1.165) is 6.54 Å². The molecule has 0 bridgehead atoms. The molecule has 0 aliphatic carbocycles. The van der Waals surface area contributed by atoms with E-state index >= 15 is 0 Å². The summed E-state index contributed by atoms with van der Waals surface area (Å²) in [7, 11) is -0.455. The van der Waals surface area contributed by atoms with Crippen LogP contribution < -0.4 is 10.5 Å². The van der Waals surface area contributed by atoms with Crippen LogP contribution in [0.25, 0.3) is 0 Å². The minimum atomic E-state index is -0.455. The molecule has 0 aromatic heterocycles. The summed E-state index contributed by atoms with van der Waals surface area (Å²) in [5, 5.41) is 14.9. The quantitative estimate of drug-likeness (QED) is 0.348. The number of hydrogen-bond donors (Lipinski definition) is 3. The van der Waals surface area contributed by atoms with E-state index < -0.39 is 7.05 Å². The number of nitrogens with one attached hydrogen (secondary N) is 2. The zero-order valence-corrected chi connectivity index (χ0v) is 7.83. The van der Waals surface area contributed by atoms with Crippen molar-refractivity contribution in [2.75, 3.05) is 6.67 Å². The minimum absolute atomic E-state index is 0.455. The lowest BCUT2D eigenvalue weighted by Crippen LogP contribution is -2.38. The molecule has 0 fully saturated rings. The molecule has 0 heterocycles. The normalized spacial score (nSPS) is 10.0. The first-order valence-corrected chi connectivity index (χ1v) is 4.45. The molecule has 13 heavy (non-hydrogen) atoms. The molecule has 0 spiro atoms. The smallest absolute Gasteiger partial charge is 0.374 e. The summed E-state index contributed by atoms with van der Waals surface area (Å²) in [4.78, 5) is 0. The van der Waals surface area contributed by atoms with Gasteiger partial charge in [-0.2, -0.15) is 0 Å². The summed E-state index contributed by atoms with van der Waals surface area (Å²) in [6.45, 7) is 3.14. The van der Waals surface area contributed by atoms with E-state index in [-0.39, 0.29) is 0 Å². The van der Waals surface area contributed by atoms with Crippen molar-refractivity contribution in [3.8, 4) is 0 Å². The maximum atomic E-state index is 8.90. The standard InChI is InChI=1S/C9H15BN2O/c1-10(13)12-8-11-7-9-5-3-2-4-6-9/h2-6,11-13H,7-8H2,1H3. The lowest BCUT2D eigenvalue weighted by Gasteiger charge is -2.06. The highest BCUT2D eigenvalue weighted by atomic mass is 16.2. The highest BCUT2D eigenvalue weighted by Crippen LogP contribution is 1.96. The highest BCUT2D eigenvalue weighted by molar-refractivity contribution is 6.45. The van der Waals surface area contributed by atoms with Crippen LogP contribution in [-0.4, -0.2) is 18.7 Å². The van der Waals surface area contributed by atoms with Crippen LogP contribution >= 0.6 is 0 Å². The third kappa shape index (κ3) is 4.67. The first-order chi connectivity index (χ1) is 6.29. The molecule has 1 aromatic carbocycles. The molecule has 1 aromatic rings. The molecule has 0 atom stereocenters. The predicted molar refractivity (Wildman–Crippen MR) is 55.1 cm³/mol. The van der Waals surface area contributed by atoms with E-state index in [1.807, 2.05) is 18.2 Å². The van der Waals surface area contributed by atoms with Gasteiger partial charge in [0.05, 0.1) is 0 Å². The van der Waals surface area contributed by atoms with Gasteiger partial charge in [-0.25, -0.2) is 0 Å². The van der Waals surface area contributed by atoms with E-state index in [0.29, 0.717) is 6.67 Å². The molecular formula is C9H15BN2O. The first kappa shape index (κ1) is 10.2. The van der Waals surface area contributed by atoms with Gasteiger partial charge in [0.15, 0.2) is 0 Å². The van der Waals surface area contributed by atoms with Crippen LogP contribution in [0.15, 0.2) is 30.3 Å². The summed E-state index contributed by atoms with van der Waals surface area (Å²) in [6, 6.07) is 10.2. The van der Waals surface area contributed by atoms with E-state index in [1.54, 1.807) is 6.82 Å². The molecule has 0 saturated heterocycles. The summed E-state index contributed by atoms with van der Waals surface area (Å²) >= 11 is 0. The zero-order valence-electron chi connectivity index (χ0n) is 7.83. The molecule has 0 aliphatic heterocycles. The summed E-state index contributed by atoms with van der Waals surface area (Å²) in [6.07, 6.45) is 0. The zero-order chi connectivity index (χ0) is 9.52. The van der Waals surface area contributed by atoms with E-state index in [4.69, 9.17) is 5.02 Å². The van der Waals surface area contributed by atoms with Gasteiger partial charge in [0.25, 0.3) is 0 Å². The molecule has 0 saturated carbocycles. The van der Waals surface area contributed by atoms with Crippen molar-refractivity contribution < 1.29 is 5.02 Å². The van der Waals surface area contributed by atoms with Crippen LogP contribution in [0.2, 0.25) is 6.82 Å². The van der Waals surface area contributed by atoms with Crippen molar-refractivity contribution in [1.29, 1.82) is 0 Å². The molecule has 1 rings (SSSR count). The Morgan fingerprint density at radius 1 is 1.31 bits per heavy atom. The Labute approximate surface area is 79.3 Å². The van der Waals surface area contributed by atoms with Crippen molar-refractivity contribution in [3.63, 3.8) is 0 Å².